The molecule has 1 fully saturated rings. The van der Waals surface area contributed by atoms with Crippen LogP contribution in [0.5, 0.6) is 0 Å². The quantitative estimate of drug-likeness (QED) is 0.331. The Balaban J connectivity index is 2.08. The molecular weight excluding hydrogens is 192 g/mol. The van der Waals surface area contributed by atoms with Crippen LogP contribution in [0.25, 0.3) is 0 Å². The van der Waals surface area contributed by atoms with Gasteiger partial charge in [-0.3, -0.25) is 4.99 Å². The molecule has 3 N–H and O–H groups in total. The van der Waals surface area contributed by atoms with Crippen LogP contribution in [0.3, 0.4) is 0 Å². The Morgan fingerprint density at radius 3 is 2.87 bits per heavy atom. The maximum Gasteiger partial charge on any atom is 0.165 e. The van der Waals surface area contributed by atoms with Crippen LogP contribution in [0.2, 0.25) is 0 Å². The van der Waals surface area contributed by atoms with Crippen molar-refractivity contribution in [1.82, 2.24) is 10.6 Å². The maximum absolute atomic E-state index is 5.42. The summed E-state index contributed by atoms with van der Waals surface area (Å²) in [7, 11) is 0. The fourth-order valence-electron chi connectivity index (χ4n) is 1.90. The van der Waals surface area contributed by atoms with Crippen LogP contribution >= 0.6 is 0 Å². The van der Waals surface area contributed by atoms with Gasteiger partial charge in [0, 0.05) is 6.07 Å². The van der Waals surface area contributed by atoms with E-state index in [1.165, 1.54) is 25.5 Å². The van der Waals surface area contributed by atoms with Gasteiger partial charge in [0.15, 0.2) is 5.84 Å². The molecule has 0 saturated heterocycles. The van der Waals surface area contributed by atoms with Gasteiger partial charge < -0.3 is 9.95 Å². The Hall–Kier alpha value is -1.36. The van der Waals surface area contributed by atoms with Crippen molar-refractivity contribution in [2.75, 3.05) is 0 Å². The molecule has 1 aliphatic rings. The predicted molar refractivity (Wildman–Crippen MR) is 57.2 cm³/mol. The molecule has 82 valence electrons. The van der Waals surface area contributed by atoms with Gasteiger partial charge in [0.1, 0.15) is 12.0 Å². The number of hydrogen-bond acceptors (Lipinski definition) is 4. The molecule has 5 heteroatoms. The molecule has 15 heavy (non-hydrogen) atoms. The van der Waals surface area contributed by atoms with E-state index in [2.05, 4.69) is 15.6 Å². The van der Waals surface area contributed by atoms with Gasteiger partial charge in [-0.1, -0.05) is 24.4 Å². The number of nitrogens with one attached hydrogen (secondary N) is 1. The van der Waals surface area contributed by atoms with E-state index < -0.39 is 0 Å². The number of aliphatic imine (C=N–C) groups is 1. The fourth-order valence-corrected chi connectivity index (χ4v) is 1.90. The van der Waals surface area contributed by atoms with Gasteiger partial charge in [0.25, 0.3) is 0 Å². The Morgan fingerprint density at radius 2 is 2.27 bits per heavy atom. The molecule has 0 unspecified atom stereocenters. The minimum Gasteiger partial charge on any atom is -0.364 e. The van der Waals surface area contributed by atoms with Gasteiger partial charge >= 0.3 is 0 Å². The summed E-state index contributed by atoms with van der Waals surface area (Å²) in [4.78, 5) is 4.55. The molecule has 0 radical (unpaired) electrons. The van der Waals surface area contributed by atoms with E-state index in [0.717, 1.165) is 12.8 Å². The molecule has 0 atom stereocenters. The molecule has 5 nitrogen and oxygen atoms in total. The van der Waals surface area contributed by atoms with Crippen LogP contribution in [-0.2, 0) is 0 Å². The highest BCUT2D eigenvalue weighted by Gasteiger charge is 2.14. The first-order chi connectivity index (χ1) is 7.40. The molecule has 0 aromatic carbocycles. The first-order valence-corrected chi connectivity index (χ1v) is 5.35. The molecule has 2 rings (SSSR count). The zero-order chi connectivity index (χ0) is 10.5. The highest BCUT2D eigenvalue weighted by Crippen LogP contribution is 2.20. The molecule has 1 aromatic heterocycles. The summed E-state index contributed by atoms with van der Waals surface area (Å²) in [6.07, 6.45) is 7.63. The molecule has 1 heterocycles. The Labute approximate surface area is 88.7 Å². The van der Waals surface area contributed by atoms with Gasteiger partial charge in [-0.05, 0) is 12.8 Å². The zero-order valence-electron chi connectivity index (χ0n) is 8.65. The fraction of sp³-hybridized carbons (Fsp3) is 0.600. The molecule has 0 spiro atoms. The molecule has 0 amide bonds. The van der Waals surface area contributed by atoms with Gasteiger partial charge in [-0.25, -0.2) is 5.84 Å². The molecular formula is C10H16N4O. The summed E-state index contributed by atoms with van der Waals surface area (Å²) < 4.78 is 4.76. The SMILES string of the molecule is NNC(=NC1CCCCC1)c1ccon1. The lowest BCUT2D eigenvalue weighted by molar-refractivity contribution is 0.417. The lowest BCUT2D eigenvalue weighted by Crippen LogP contribution is -2.33. The zero-order valence-corrected chi connectivity index (χ0v) is 8.65. The molecule has 0 bridgehead atoms. The van der Waals surface area contributed by atoms with Crippen molar-refractivity contribution in [3.05, 3.63) is 18.0 Å². The van der Waals surface area contributed by atoms with Crippen LogP contribution in [0, 0.1) is 0 Å². The van der Waals surface area contributed by atoms with Crippen molar-refractivity contribution in [2.45, 2.75) is 38.1 Å². The average Bonchev–Trinajstić information content (AvgIpc) is 2.81. The standard InChI is InChI=1S/C10H16N4O/c11-13-10(9-6-7-15-14-9)12-8-4-2-1-3-5-8/h6-8H,1-5,11H2,(H,12,13). The Morgan fingerprint density at radius 1 is 1.47 bits per heavy atom. The lowest BCUT2D eigenvalue weighted by Gasteiger charge is -2.18. The van der Waals surface area contributed by atoms with Crippen molar-refractivity contribution in [2.24, 2.45) is 10.8 Å². The number of nitrogens with zero attached hydrogens (tertiary/aromatic N) is 2. The third kappa shape index (κ3) is 2.56. The van der Waals surface area contributed by atoms with Gasteiger partial charge in [0.2, 0.25) is 0 Å². The van der Waals surface area contributed by atoms with Crippen molar-refractivity contribution in [3.8, 4) is 0 Å². The largest absolute Gasteiger partial charge is 0.364 e. The van der Waals surface area contributed by atoms with Gasteiger partial charge in [-0.15, -0.1) is 0 Å². The Bertz CT molecular complexity index is 314. The van der Waals surface area contributed by atoms with Crippen molar-refractivity contribution in [3.63, 3.8) is 0 Å². The van der Waals surface area contributed by atoms with Crippen LogP contribution in [0.4, 0.5) is 0 Å². The minimum atomic E-state index is 0.376. The highest BCUT2D eigenvalue weighted by molar-refractivity contribution is 5.96. The summed E-state index contributed by atoms with van der Waals surface area (Å²) in [5.41, 5.74) is 3.25. The monoisotopic (exact) mass is 208 g/mol. The number of nitrogens with two attached hydrogens (primary N) is 1. The summed E-state index contributed by atoms with van der Waals surface area (Å²) in [6.45, 7) is 0. The molecule has 1 aromatic rings. The highest BCUT2D eigenvalue weighted by atomic mass is 16.5. The maximum atomic E-state index is 5.42. The van der Waals surface area contributed by atoms with Crippen molar-refractivity contribution >= 4 is 5.84 Å². The third-order valence-corrected chi connectivity index (χ3v) is 2.70. The van der Waals surface area contributed by atoms with Crippen LogP contribution in [-0.4, -0.2) is 17.0 Å². The van der Waals surface area contributed by atoms with E-state index in [0.29, 0.717) is 17.6 Å². The van der Waals surface area contributed by atoms with Crippen molar-refractivity contribution < 1.29 is 4.52 Å². The second-order valence-electron chi connectivity index (χ2n) is 3.80. The van der Waals surface area contributed by atoms with E-state index >= 15 is 0 Å². The number of amidine groups is 1. The second-order valence-corrected chi connectivity index (χ2v) is 3.80. The third-order valence-electron chi connectivity index (χ3n) is 2.70. The summed E-state index contributed by atoms with van der Waals surface area (Å²) in [5.74, 6) is 6.04. The molecule has 0 aliphatic heterocycles. The Kier molecular flexibility index (Phi) is 3.34. The lowest BCUT2D eigenvalue weighted by atomic mass is 9.96. The number of hydrazine groups is 1. The first kappa shape index (κ1) is 10.2. The van der Waals surface area contributed by atoms with Crippen LogP contribution in [0.15, 0.2) is 21.8 Å². The predicted octanol–water partition coefficient (Wildman–Crippen LogP) is 1.22. The van der Waals surface area contributed by atoms with E-state index in [4.69, 9.17) is 10.4 Å². The minimum absolute atomic E-state index is 0.376. The second kappa shape index (κ2) is 4.93. The summed E-state index contributed by atoms with van der Waals surface area (Å²) in [6, 6.07) is 2.13. The van der Waals surface area contributed by atoms with Gasteiger partial charge in [0.05, 0.1) is 6.04 Å². The van der Waals surface area contributed by atoms with Crippen LogP contribution in [0.1, 0.15) is 37.8 Å². The molecule has 1 saturated carbocycles. The van der Waals surface area contributed by atoms with Crippen LogP contribution < -0.4 is 11.3 Å². The van der Waals surface area contributed by atoms with Gasteiger partial charge in [-0.2, -0.15) is 0 Å². The molecule has 1 aliphatic carbocycles. The van der Waals surface area contributed by atoms with E-state index in [9.17, 15) is 0 Å². The smallest absolute Gasteiger partial charge is 0.165 e. The number of hydrogen-bond donors (Lipinski definition) is 2. The normalized spacial score (nSPS) is 19.1. The van der Waals surface area contributed by atoms with E-state index in [-0.39, 0.29) is 0 Å². The number of aromatic nitrogens is 1. The van der Waals surface area contributed by atoms with E-state index in [1.54, 1.807) is 6.07 Å². The summed E-state index contributed by atoms with van der Waals surface area (Å²) >= 11 is 0. The average molecular weight is 208 g/mol. The van der Waals surface area contributed by atoms with Crippen molar-refractivity contribution in [1.29, 1.82) is 0 Å². The number of rotatable bonds is 2. The topological polar surface area (TPSA) is 76.4 Å². The first-order valence-electron chi connectivity index (χ1n) is 5.35. The summed E-state index contributed by atoms with van der Waals surface area (Å²) in [5, 5.41) is 3.80. The van der Waals surface area contributed by atoms with E-state index in [1.807, 2.05) is 0 Å².